The summed E-state index contributed by atoms with van der Waals surface area (Å²) in [6.45, 7) is 9.75. The molecule has 4 saturated carbocycles. The number of rotatable bonds is 12. The van der Waals surface area contributed by atoms with Crippen LogP contribution in [-0.2, 0) is 38.3 Å². The Bertz CT molecular complexity index is 1480. The minimum Gasteiger partial charge on any atom is -0.726 e. The highest BCUT2D eigenvalue weighted by atomic mass is 32.3. The summed E-state index contributed by atoms with van der Waals surface area (Å²) in [7, 11) is -4.07. The molecule has 0 spiro atoms. The van der Waals surface area contributed by atoms with E-state index in [0.717, 1.165) is 19.3 Å². The lowest BCUT2D eigenvalue weighted by molar-refractivity contribution is -0.344. The molecule has 56 heavy (non-hydrogen) atoms. The highest BCUT2D eigenvalue weighted by Crippen LogP contribution is 2.69. The van der Waals surface area contributed by atoms with Crippen LogP contribution in [0.15, 0.2) is 12.2 Å². The van der Waals surface area contributed by atoms with Crippen LogP contribution in [0.5, 0.6) is 0 Å². The fourth-order valence-corrected chi connectivity index (χ4v) is 12.5. The van der Waals surface area contributed by atoms with Gasteiger partial charge in [-0.3, -0.25) is 4.18 Å². The molecule has 2 heterocycles. The van der Waals surface area contributed by atoms with Crippen LogP contribution in [0.2, 0.25) is 0 Å². The molecular weight excluding hydrogens is 756 g/mol. The lowest BCUT2D eigenvalue weighted by atomic mass is 9.42. The van der Waals surface area contributed by atoms with Gasteiger partial charge in [0.1, 0.15) is 36.6 Å². The van der Waals surface area contributed by atoms with Crippen LogP contribution < -0.4 is 0 Å². The lowest BCUT2D eigenvalue weighted by Crippen LogP contribution is -2.68. The number of aliphatic hydroxyl groups is 7. The Kier molecular flexibility index (Phi) is 13.5. The van der Waals surface area contributed by atoms with Crippen molar-refractivity contribution < 1.29 is 76.6 Å². The summed E-state index contributed by atoms with van der Waals surface area (Å²) >= 11 is 0. The first-order valence-corrected chi connectivity index (χ1v) is 21.6. The van der Waals surface area contributed by atoms with Gasteiger partial charge in [0.25, 0.3) is 0 Å². The van der Waals surface area contributed by atoms with Crippen molar-refractivity contribution >= 4 is 10.4 Å². The van der Waals surface area contributed by atoms with Crippen molar-refractivity contribution in [2.45, 2.75) is 153 Å². The van der Waals surface area contributed by atoms with Crippen LogP contribution in [0.1, 0.15) is 79.6 Å². The minimum atomic E-state index is -5.32. The van der Waals surface area contributed by atoms with Crippen molar-refractivity contribution in [3.8, 4) is 0 Å². The molecule has 0 aromatic heterocycles. The molecule has 0 aromatic carbocycles. The molecule has 7 N–H and O–H groups in total. The normalized spacial score (nSPS) is 50.1. The summed E-state index contributed by atoms with van der Waals surface area (Å²) < 4.78 is 68.2. The van der Waals surface area contributed by atoms with E-state index in [9.17, 15) is 48.7 Å². The average Bonchev–Trinajstić information content (AvgIpc) is 3.40. The zero-order valence-corrected chi connectivity index (χ0v) is 34.1. The van der Waals surface area contributed by atoms with Gasteiger partial charge in [-0.25, -0.2) is 8.42 Å². The van der Waals surface area contributed by atoms with E-state index in [1.54, 1.807) is 0 Å². The number of aliphatic hydroxyl groups excluding tert-OH is 6. The molecule has 16 nitrogen and oxygen atoms in total. The molecule has 2 aliphatic heterocycles. The van der Waals surface area contributed by atoms with E-state index in [2.05, 4.69) is 32.9 Å². The standard InChI is InChI=1S/C39H66O16S/c1-19(21(3)16-51-35-33(31(28(44)18-52-35)55-56(47,48)49)54-36-32(50-6)30(45)27(43)17-53-36)7-8-20(2)23-14-25(41)34-38(23,5)12-10-29-37(4)11-9-22(40)13-24(37)26(42)15-39(29,34)46/h7-8,19-36,40-46H,9-18H2,1-6H3,(H,47,48,49)/p-1/b8-7+/t19-,20-,21-,22+,23-,24-,25-,26+,27-,28-,29-,30+,31+,32-,33-,34-,35-,36+,37+,38-,39+/m1/s1. The van der Waals surface area contributed by atoms with Crippen molar-refractivity contribution in [2.24, 2.45) is 52.3 Å². The van der Waals surface area contributed by atoms with Gasteiger partial charge in [0.15, 0.2) is 12.6 Å². The van der Waals surface area contributed by atoms with Gasteiger partial charge in [-0.05, 0) is 84.9 Å². The predicted octanol–water partition coefficient (Wildman–Crippen LogP) is 0.585. The van der Waals surface area contributed by atoms with Crippen molar-refractivity contribution in [1.29, 1.82) is 0 Å². The monoisotopic (exact) mass is 821 g/mol. The van der Waals surface area contributed by atoms with Crippen LogP contribution in [0.4, 0.5) is 0 Å². The fraction of sp³-hybridized carbons (Fsp3) is 0.949. The Morgan fingerprint density at radius 2 is 1.50 bits per heavy atom. The summed E-state index contributed by atoms with van der Waals surface area (Å²) in [5, 5.41) is 77.2. The van der Waals surface area contributed by atoms with Crippen LogP contribution in [0.3, 0.4) is 0 Å². The first-order chi connectivity index (χ1) is 26.1. The van der Waals surface area contributed by atoms with Crippen molar-refractivity contribution in [3.63, 3.8) is 0 Å². The Hall–Kier alpha value is -0.870. The van der Waals surface area contributed by atoms with Crippen LogP contribution in [-0.4, -0.2) is 149 Å². The molecule has 6 fully saturated rings. The zero-order valence-electron chi connectivity index (χ0n) is 33.3. The van der Waals surface area contributed by atoms with Gasteiger partial charge in [0, 0.05) is 19.4 Å². The van der Waals surface area contributed by atoms with E-state index in [1.165, 1.54) is 7.11 Å². The van der Waals surface area contributed by atoms with Crippen LogP contribution >= 0.6 is 0 Å². The number of allylic oxidation sites excluding steroid dienone is 2. The van der Waals surface area contributed by atoms with E-state index in [4.69, 9.17) is 27.9 Å². The maximum absolute atomic E-state index is 12.6. The Morgan fingerprint density at radius 1 is 0.839 bits per heavy atom. The highest BCUT2D eigenvalue weighted by Gasteiger charge is 2.70. The second-order valence-electron chi connectivity index (χ2n) is 18.5. The first kappa shape index (κ1) is 44.7. The summed E-state index contributed by atoms with van der Waals surface area (Å²) in [6, 6.07) is 0. The average molecular weight is 822 g/mol. The molecule has 6 rings (SSSR count). The Morgan fingerprint density at radius 3 is 2.18 bits per heavy atom. The van der Waals surface area contributed by atoms with Crippen molar-refractivity contribution in [2.75, 3.05) is 26.9 Å². The molecule has 324 valence electrons. The van der Waals surface area contributed by atoms with Gasteiger partial charge in [-0.1, -0.05) is 46.8 Å². The highest BCUT2D eigenvalue weighted by molar-refractivity contribution is 7.80. The van der Waals surface area contributed by atoms with E-state index >= 15 is 0 Å². The molecule has 6 aliphatic rings. The molecule has 0 radical (unpaired) electrons. The smallest absolute Gasteiger partial charge is 0.218 e. The molecule has 2 saturated heterocycles. The summed E-state index contributed by atoms with van der Waals surface area (Å²) in [6.07, 6.45) is -4.88. The largest absolute Gasteiger partial charge is 0.726 e. The van der Waals surface area contributed by atoms with Gasteiger partial charge >= 0.3 is 0 Å². The quantitative estimate of drug-likeness (QED) is 0.0808. The number of ether oxygens (including phenoxy) is 5. The van der Waals surface area contributed by atoms with Gasteiger partial charge in [0.2, 0.25) is 10.4 Å². The SMILES string of the molecule is CO[C@H]1[C@H](O[C@H]2[C@H](OC[C@@H](C)[C@H](C)/C=C/[C@@H](C)[C@H]3C[C@@H](O)[C@@H]4[C@]3(C)CC[C@@H]3[C@@]5(C)CC[C@H](O)C[C@@H]5[C@@H](O)C[C@]34O)OC[C@@H](O)[C@@H]2OS(=O)(=O)[O-])OC[C@@H](O)[C@@H]1O. The topological polar surface area (TPSA) is 254 Å². The maximum Gasteiger partial charge on any atom is 0.218 e. The minimum absolute atomic E-state index is 0.0434. The lowest BCUT2D eigenvalue weighted by Gasteiger charge is -2.66. The second kappa shape index (κ2) is 16.9. The van der Waals surface area contributed by atoms with E-state index < -0.39 is 96.0 Å². The second-order valence-corrected chi connectivity index (χ2v) is 19.5. The third-order valence-electron chi connectivity index (χ3n) is 15.1. The number of hydrogen-bond donors (Lipinski definition) is 7. The maximum atomic E-state index is 12.6. The molecule has 4 aliphatic carbocycles. The molecule has 0 unspecified atom stereocenters. The van der Waals surface area contributed by atoms with Gasteiger partial charge in [-0.2, -0.15) is 0 Å². The van der Waals surface area contributed by atoms with Gasteiger partial charge in [-0.15, -0.1) is 0 Å². The molecular formula is C39H65O16S-. The number of hydrogen-bond acceptors (Lipinski definition) is 16. The summed E-state index contributed by atoms with van der Waals surface area (Å²) in [4.78, 5) is 0. The molecule has 0 amide bonds. The molecule has 0 bridgehead atoms. The summed E-state index contributed by atoms with van der Waals surface area (Å²) in [5.74, 6) is -0.601. The van der Waals surface area contributed by atoms with E-state index in [-0.39, 0.29) is 66.0 Å². The van der Waals surface area contributed by atoms with Gasteiger partial charge in [0.05, 0.1) is 43.7 Å². The number of methoxy groups -OCH3 is 1. The number of fused-ring (bicyclic) bond motifs is 5. The molecule has 0 aromatic rings. The van der Waals surface area contributed by atoms with Crippen LogP contribution in [0.25, 0.3) is 0 Å². The third kappa shape index (κ3) is 8.40. The Labute approximate surface area is 330 Å². The Balaban J connectivity index is 1.11. The molecule has 17 heteroatoms. The summed E-state index contributed by atoms with van der Waals surface area (Å²) in [5.41, 5.74) is -1.90. The predicted molar refractivity (Wildman–Crippen MR) is 196 cm³/mol. The fourth-order valence-electron chi connectivity index (χ4n) is 12.0. The van der Waals surface area contributed by atoms with Crippen LogP contribution in [0, 0.1) is 52.3 Å². The third-order valence-corrected chi connectivity index (χ3v) is 15.6. The zero-order chi connectivity index (χ0) is 41.1. The van der Waals surface area contributed by atoms with E-state index in [0.29, 0.717) is 19.3 Å². The molecule has 21 atom stereocenters. The van der Waals surface area contributed by atoms with E-state index in [1.807, 2.05) is 13.8 Å². The first-order valence-electron chi connectivity index (χ1n) is 20.3. The van der Waals surface area contributed by atoms with Crippen molar-refractivity contribution in [3.05, 3.63) is 12.2 Å². The van der Waals surface area contributed by atoms with Crippen molar-refractivity contribution in [1.82, 2.24) is 0 Å². The van der Waals surface area contributed by atoms with Gasteiger partial charge < -0.3 is 64.0 Å².